The zero-order chi connectivity index (χ0) is 17.4. The molecule has 4 heteroatoms. The van der Waals surface area contributed by atoms with Gasteiger partial charge in [-0.15, -0.1) is 0 Å². The molecule has 1 aliphatic heterocycles. The molecule has 2 aromatic carbocycles. The van der Waals surface area contributed by atoms with Crippen LogP contribution < -0.4 is 10.6 Å². The summed E-state index contributed by atoms with van der Waals surface area (Å²) >= 11 is 0. The molecule has 2 atom stereocenters. The third-order valence-corrected chi connectivity index (χ3v) is 5.13. The monoisotopic (exact) mass is 331 g/mol. The van der Waals surface area contributed by atoms with E-state index in [4.69, 9.17) is 5.73 Å². The molecule has 2 unspecified atom stereocenters. The Morgan fingerprint density at radius 2 is 1.96 bits per heavy atom. The van der Waals surface area contributed by atoms with Crippen molar-refractivity contribution in [3.63, 3.8) is 0 Å². The van der Waals surface area contributed by atoms with Gasteiger partial charge in [0.1, 0.15) is 0 Å². The number of nitrogens with two attached hydrogens (primary N) is 1. The summed E-state index contributed by atoms with van der Waals surface area (Å²) in [4.78, 5) is 18.8. The Morgan fingerprint density at radius 1 is 1.16 bits per heavy atom. The average Bonchev–Trinajstić information content (AvgIpc) is 2.63. The number of para-hydroxylation sites is 2. The fraction of sp³-hybridized carbons (Fsp3) is 0.238. The van der Waals surface area contributed by atoms with Gasteiger partial charge in [0.05, 0.1) is 11.4 Å². The number of hydrogen-bond donors (Lipinski definition) is 1. The topological polar surface area (TPSA) is 59.2 Å². The minimum absolute atomic E-state index is 0.215. The lowest BCUT2D eigenvalue weighted by molar-refractivity contribution is -0.119. The van der Waals surface area contributed by atoms with Crippen LogP contribution in [0.25, 0.3) is 10.9 Å². The summed E-state index contributed by atoms with van der Waals surface area (Å²) < 4.78 is 0. The Balaban J connectivity index is 1.77. The van der Waals surface area contributed by atoms with E-state index in [1.165, 1.54) is 5.56 Å². The van der Waals surface area contributed by atoms with E-state index in [9.17, 15) is 4.79 Å². The van der Waals surface area contributed by atoms with Gasteiger partial charge >= 0.3 is 0 Å². The van der Waals surface area contributed by atoms with Crippen molar-refractivity contribution in [1.29, 1.82) is 0 Å². The molecule has 0 aliphatic carbocycles. The number of aromatic nitrogens is 1. The number of primary amides is 1. The summed E-state index contributed by atoms with van der Waals surface area (Å²) in [6, 6.07) is 18.7. The maximum atomic E-state index is 11.9. The van der Waals surface area contributed by atoms with E-state index < -0.39 is 0 Å². The van der Waals surface area contributed by atoms with Gasteiger partial charge < -0.3 is 10.6 Å². The number of rotatable bonds is 3. The van der Waals surface area contributed by atoms with Crippen LogP contribution in [0.4, 0.5) is 5.69 Å². The van der Waals surface area contributed by atoms with Crippen molar-refractivity contribution < 1.29 is 4.79 Å². The Labute approximate surface area is 147 Å². The van der Waals surface area contributed by atoms with Crippen molar-refractivity contribution in [2.75, 3.05) is 4.90 Å². The molecule has 2 heterocycles. The molecule has 126 valence electrons. The van der Waals surface area contributed by atoms with Crippen LogP contribution in [0.15, 0.2) is 60.8 Å². The number of carbonyl (C=O) groups excluding carboxylic acids is 1. The summed E-state index contributed by atoms with van der Waals surface area (Å²) in [6.45, 7) is 2.92. The van der Waals surface area contributed by atoms with E-state index in [2.05, 4.69) is 47.1 Å². The van der Waals surface area contributed by atoms with Gasteiger partial charge in [-0.25, -0.2) is 0 Å². The minimum Gasteiger partial charge on any atom is -0.369 e. The zero-order valence-corrected chi connectivity index (χ0v) is 14.2. The summed E-state index contributed by atoms with van der Waals surface area (Å²) in [7, 11) is 0. The van der Waals surface area contributed by atoms with E-state index in [-0.39, 0.29) is 17.9 Å². The van der Waals surface area contributed by atoms with E-state index in [0.717, 1.165) is 35.1 Å². The van der Waals surface area contributed by atoms with Gasteiger partial charge in [-0.1, -0.05) is 42.5 Å². The number of amides is 1. The lowest BCUT2D eigenvalue weighted by atomic mass is 9.85. The highest BCUT2D eigenvalue weighted by molar-refractivity contribution is 5.86. The van der Waals surface area contributed by atoms with Gasteiger partial charge in [-0.3, -0.25) is 9.78 Å². The predicted molar refractivity (Wildman–Crippen MR) is 100 cm³/mol. The molecule has 0 saturated carbocycles. The summed E-state index contributed by atoms with van der Waals surface area (Å²) in [5, 5.41) is 1.15. The second-order valence-electron chi connectivity index (χ2n) is 6.72. The molecule has 3 aromatic rings. The Morgan fingerprint density at radius 3 is 2.80 bits per heavy atom. The number of fused-ring (bicyclic) bond motifs is 2. The number of carbonyl (C=O) groups is 1. The second kappa shape index (κ2) is 6.20. The fourth-order valence-corrected chi connectivity index (χ4v) is 3.87. The Hall–Kier alpha value is -2.88. The van der Waals surface area contributed by atoms with Crippen LogP contribution in [0.3, 0.4) is 0 Å². The zero-order valence-electron chi connectivity index (χ0n) is 14.2. The van der Waals surface area contributed by atoms with Crippen molar-refractivity contribution in [1.82, 2.24) is 4.98 Å². The molecule has 0 saturated heterocycles. The van der Waals surface area contributed by atoms with Crippen molar-refractivity contribution in [3.05, 3.63) is 71.9 Å². The molecule has 0 fully saturated rings. The summed E-state index contributed by atoms with van der Waals surface area (Å²) in [6.07, 6.45) is 2.58. The van der Waals surface area contributed by atoms with Gasteiger partial charge in [0, 0.05) is 29.9 Å². The molecular weight excluding hydrogens is 310 g/mol. The molecule has 25 heavy (non-hydrogen) atoms. The molecule has 1 amide bonds. The smallest absolute Gasteiger partial charge is 0.225 e. The van der Waals surface area contributed by atoms with Gasteiger partial charge in [0.25, 0.3) is 0 Å². The first-order valence-electron chi connectivity index (χ1n) is 8.62. The first-order valence-corrected chi connectivity index (χ1v) is 8.62. The number of anilines is 1. The first kappa shape index (κ1) is 15.6. The molecule has 2 N–H and O–H groups in total. The quantitative estimate of drug-likeness (QED) is 0.798. The molecule has 1 aliphatic rings. The Kier molecular flexibility index (Phi) is 3.88. The van der Waals surface area contributed by atoms with E-state index >= 15 is 0 Å². The molecule has 4 nitrogen and oxygen atoms in total. The fourth-order valence-electron chi connectivity index (χ4n) is 3.87. The Bertz CT molecular complexity index is 932. The van der Waals surface area contributed by atoms with E-state index in [0.29, 0.717) is 0 Å². The second-order valence-corrected chi connectivity index (χ2v) is 6.72. The number of benzene rings is 2. The lowest BCUT2D eigenvalue weighted by Gasteiger charge is -2.40. The number of hydrogen-bond acceptors (Lipinski definition) is 3. The van der Waals surface area contributed by atoms with Crippen LogP contribution in [0.1, 0.15) is 30.4 Å². The van der Waals surface area contributed by atoms with E-state index in [1.807, 2.05) is 30.5 Å². The molecule has 0 spiro atoms. The molecule has 4 rings (SSSR count). The standard InChI is InChI=1S/C21H21N3O/c1-14-12-18(21(22)25)17-9-2-3-10-19(17)24(14)13-16-7-4-6-15-8-5-11-23-20(15)16/h2-11,14,18H,12-13H2,1H3,(H2,22,25). The highest BCUT2D eigenvalue weighted by Gasteiger charge is 2.33. The number of nitrogens with zero attached hydrogens (tertiary/aromatic N) is 2. The highest BCUT2D eigenvalue weighted by atomic mass is 16.1. The minimum atomic E-state index is -0.245. The van der Waals surface area contributed by atoms with Crippen LogP contribution >= 0.6 is 0 Å². The largest absolute Gasteiger partial charge is 0.369 e. The van der Waals surface area contributed by atoms with Crippen LogP contribution in [0.2, 0.25) is 0 Å². The average molecular weight is 331 g/mol. The van der Waals surface area contributed by atoms with Crippen LogP contribution in [0, 0.1) is 0 Å². The van der Waals surface area contributed by atoms with Crippen molar-refractivity contribution >= 4 is 22.5 Å². The van der Waals surface area contributed by atoms with Gasteiger partial charge in [0.2, 0.25) is 5.91 Å². The normalized spacial score (nSPS) is 19.6. The molecule has 0 radical (unpaired) electrons. The maximum absolute atomic E-state index is 11.9. The predicted octanol–water partition coefficient (Wildman–Crippen LogP) is 3.60. The lowest BCUT2D eigenvalue weighted by Crippen LogP contribution is -2.41. The third-order valence-electron chi connectivity index (χ3n) is 5.13. The van der Waals surface area contributed by atoms with E-state index in [1.54, 1.807) is 0 Å². The van der Waals surface area contributed by atoms with Gasteiger partial charge in [0.15, 0.2) is 0 Å². The SMILES string of the molecule is CC1CC(C(N)=O)c2ccccc2N1Cc1cccc2cccnc12. The van der Waals surface area contributed by atoms with Crippen LogP contribution in [-0.2, 0) is 11.3 Å². The van der Waals surface area contributed by atoms with Crippen LogP contribution in [0.5, 0.6) is 0 Å². The van der Waals surface area contributed by atoms with Gasteiger partial charge in [-0.2, -0.15) is 0 Å². The van der Waals surface area contributed by atoms with Gasteiger partial charge in [-0.05, 0) is 36.6 Å². The summed E-state index contributed by atoms with van der Waals surface area (Å²) in [5.74, 6) is -0.459. The highest BCUT2D eigenvalue weighted by Crippen LogP contribution is 2.39. The summed E-state index contributed by atoms with van der Waals surface area (Å²) in [5.41, 5.74) is 10.00. The van der Waals surface area contributed by atoms with Crippen molar-refractivity contribution in [2.24, 2.45) is 5.73 Å². The molecule has 1 aromatic heterocycles. The van der Waals surface area contributed by atoms with Crippen LogP contribution in [-0.4, -0.2) is 16.9 Å². The number of pyridine rings is 1. The first-order chi connectivity index (χ1) is 12.1. The van der Waals surface area contributed by atoms with Crippen molar-refractivity contribution in [3.8, 4) is 0 Å². The van der Waals surface area contributed by atoms with Crippen molar-refractivity contribution in [2.45, 2.75) is 31.8 Å². The maximum Gasteiger partial charge on any atom is 0.225 e. The molecule has 0 bridgehead atoms. The third kappa shape index (κ3) is 2.74. The molecular formula is C21H21N3O.